The molecule has 0 aliphatic heterocycles. The molecule has 0 saturated carbocycles. The first kappa shape index (κ1) is 34.8. The molecule has 274 valence electrons. The van der Waals surface area contributed by atoms with Crippen LogP contribution in [0.1, 0.15) is 0 Å². The van der Waals surface area contributed by atoms with Crippen LogP contribution >= 0.6 is 0 Å². The zero-order chi connectivity index (χ0) is 38.7. The van der Waals surface area contributed by atoms with E-state index in [2.05, 4.69) is 252 Å². The SMILES string of the molecule is c1ccc(N(c2cccc(-c3ccccc3-c3ccccc3-c3cccc(N(c4ccccc4)c4cccc5ccccc45)c3)c2)c2cccc3ccccc23)cc1. The Labute approximate surface area is 340 Å². The summed E-state index contributed by atoms with van der Waals surface area (Å²) < 4.78 is 0. The Kier molecular flexibility index (Phi) is 9.27. The van der Waals surface area contributed by atoms with Crippen LogP contribution in [0.3, 0.4) is 0 Å². The Morgan fingerprint density at radius 1 is 0.224 bits per heavy atom. The van der Waals surface area contributed by atoms with Gasteiger partial charge in [0.25, 0.3) is 0 Å². The quantitative estimate of drug-likeness (QED) is 0.145. The second kappa shape index (κ2) is 15.5. The number of anilines is 6. The Bertz CT molecular complexity index is 2810. The summed E-state index contributed by atoms with van der Waals surface area (Å²) in [6.45, 7) is 0. The largest absolute Gasteiger partial charge is 0.310 e. The summed E-state index contributed by atoms with van der Waals surface area (Å²) in [5.41, 5.74) is 13.8. The van der Waals surface area contributed by atoms with Gasteiger partial charge in [0.05, 0.1) is 11.4 Å². The van der Waals surface area contributed by atoms with E-state index < -0.39 is 0 Å². The van der Waals surface area contributed by atoms with Gasteiger partial charge in [-0.1, -0.05) is 182 Å². The number of fused-ring (bicyclic) bond motifs is 2. The second-order valence-electron chi connectivity index (χ2n) is 14.5. The van der Waals surface area contributed by atoms with Gasteiger partial charge in [0.2, 0.25) is 0 Å². The summed E-state index contributed by atoms with van der Waals surface area (Å²) in [4.78, 5) is 4.75. The first-order valence-electron chi connectivity index (χ1n) is 19.9. The van der Waals surface area contributed by atoms with E-state index in [1.54, 1.807) is 0 Å². The van der Waals surface area contributed by atoms with Gasteiger partial charge in [-0.05, 0) is 105 Å². The highest BCUT2D eigenvalue weighted by atomic mass is 15.1. The van der Waals surface area contributed by atoms with Gasteiger partial charge in [0, 0.05) is 33.5 Å². The minimum atomic E-state index is 1.10. The standard InChI is InChI=1S/C56H40N2/c1-3-25-45(26-4-1)57(55-37-17-21-41-19-7-9-33-51(41)55)47-29-15-23-43(39-47)49-31-11-13-35-53(49)54-36-14-12-32-50(54)44-24-16-30-48(40-44)58(46-27-5-2-6-28-46)56-38-18-22-42-20-8-10-34-52(42)56/h1-40H. The molecule has 0 saturated heterocycles. The fraction of sp³-hybridized carbons (Fsp3) is 0. The fourth-order valence-corrected chi connectivity index (χ4v) is 8.38. The molecule has 0 atom stereocenters. The van der Waals surface area contributed by atoms with Crippen molar-refractivity contribution >= 4 is 55.7 Å². The van der Waals surface area contributed by atoms with Crippen LogP contribution in [0.5, 0.6) is 0 Å². The lowest BCUT2D eigenvalue weighted by molar-refractivity contribution is 1.30. The van der Waals surface area contributed by atoms with Gasteiger partial charge >= 0.3 is 0 Å². The van der Waals surface area contributed by atoms with Gasteiger partial charge in [-0.2, -0.15) is 0 Å². The second-order valence-corrected chi connectivity index (χ2v) is 14.5. The van der Waals surface area contributed by atoms with E-state index in [1.165, 1.54) is 43.8 Å². The predicted molar refractivity (Wildman–Crippen MR) is 247 cm³/mol. The molecule has 2 nitrogen and oxygen atoms in total. The highest BCUT2D eigenvalue weighted by molar-refractivity contribution is 6.01. The van der Waals surface area contributed by atoms with Crippen LogP contribution < -0.4 is 9.80 Å². The molecule has 0 aliphatic rings. The van der Waals surface area contributed by atoms with Crippen LogP contribution in [-0.2, 0) is 0 Å². The van der Waals surface area contributed by atoms with Crippen LogP contribution in [0, 0.1) is 0 Å². The molecule has 0 aliphatic carbocycles. The molecule has 0 fully saturated rings. The third-order valence-electron chi connectivity index (χ3n) is 11.0. The minimum Gasteiger partial charge on any atom is -0.310 e. The molecule has 0 N–H and O–H groups in total. The van der Waals surface area contributed by atoms with Gasteiger partial charge in [0.15, 0.2) is 0 Å². The van der Waals surface area contributed by atoms with Crippen LogP contribution in [0.25, 0.3) is 54.9 Å². The van der Waals surface area contributed by atoms with Crippen molar-refractivity contribution in [2.24, 2.45) is 0 Å². The van der Waals surface area contributed by atoms with Crippen LogP contribution in [0.2, 0.25) is 0 Å². The number of para-hydroxylation sites is 2. The number of benzene rings is 10. The molecule has 10 aromatic rings. The van der Waals surface area contributed by atoms with Crippen LogP contribution in [0.4, 0.5) is 34.1 Å². The monoisotopic (exact) mass is 740 g/mol. The Morgan fingerprint density at radius 3 is 1.00 bits per heavy atom. The topological polar surface area (TPSA) is 6.48 Å². The maximum Gasteiger partial charge on any atom is 0.0540 e. The third kappa shape index (κ3) is 6.57. The maximum atomic E-state index is 2.38. The summed E-state index contributed by atoms with van der Waals surface area (Å²) in [5.74, 6) is 0. The number of nitrogens with zero attached hydrogens (tertiary/aromatic N) is 2. The number of rotatable bonds is 9. The number of hydrogen-bond donors (Lipinski definition) is 0. The molecule has 0 unspecified atom stereocenters. The minimum absolute atomic E-state index is 1.10. The summed E-state index contributed by atoms with van der Waals surface area (Å²) in [5, 5.41) is 4.85. The molecule has 0 heterocycles. The zero-order valence-corrected chi connectivity index (χ0v) is 32.0. The van der Waals surface area contributed by atoms with Gasteiger partial charge in [-0.3, -0.25) is 0 Å². The first-order valence-corrected chi connectivity index (χ1v) is 19.9. The van der Waals surface area contributed by atoms with Crippen molar-refractivity contribution < 1.29 is 0 Å². The smallest absolute Gasteiger partial charge is 0.0540 e. The highest BCUT2D eigenvalue weighted by Gasteiger charge is 2.19. The van der Waals surface area contributed by atoms with Gasteiger partial charge < -0.3 is 9.80 Å². The molecular formula is C56H40N2. The molecule has 2 heteroatoms. The Hall–Kier alpha value is -7.68. The van der Waals surface area contributed by atoms with Crippen molar-refractivity contribution in [3.05, 3.63) is 243 Å². The van der Waals surface area contributed by atoms with Gasteiger partial charge in [-0.15, -0.1) is 0 Å². The summed E-state index contributed by atoms with van der Waals surface area (Å²) in [7, 11) is 0. The van der Waals surface area contributed by atoms with Crippen molar-refractivity contribution in [3.63, 3.8) is 0 Å². The first-order chi connectivity index (χ1) is 28.8. The average Bonchev–Trinajstić information content (AvgIpc) is 3.30. The third-order valence-corrected chi connectivity index (χ3v) is 11.0. The maximum absolute atomic E-state index is 2.38. The molecule has 0 aromatic heterocycles. The fourth-order valence-electron chi connectivity index (χ4n) is 8.38. The van der Waals surface area contributed by atoms with Crippen molar-refractivity contribution in [3.8, 4) is 33.4 Å². The van der Waals surface area contributed by atoms with E-state index in [4.69, 9.17) is 0 Å². The molecule has 0 radical (unpaired) electrons. The number of hydrogen-bond acceptors (Lipinski definition) is 2. The molecule has 10 aromatic carbocycles. The van der Waals surface area contributed by atoms with Crippen molar-refractivity contribution in [1.82, 2.24) is 0 Å². The predicted octanol–water partition coefficient (Wildman–Crippen LogP) is 15.9. The highest BCUT2D eigenvalue weighted by Crippen LogP contribution is 2.44. The molecule has 58 heavy (non-hydrogen) atoms. The zero-order valence-electron chi connectivity index (χ0n) is 32.0. The molecular weight excluding hydrogens is 701 g/mol. The van der Waals surface area contributed by atoms with Gasteiger partial charge in [0.1, 0.15) is 0 Å². The summed E-state index contributed by atoms with van der Waals surface area (Å²) >= 11 is 0. The van der Waals surface area contributed by atoms with Gasteiger partial charge in [-0.25, -0.2) is 0 Å². The molecule has 10 rings (SSSR count). The van der Waals surface area contributed by atoms with Crippen molar-refractivity contribution in [1.29, 1.82) is 0 Å². The van der Waals surface area contributed by atoms with E-state index in [0.717, 1.165) is 45.3 Å². The normalized spacial score (nSPS) is 11.1. The Morgan fingerprint density at radius 2 is 0.552 bits per heavy atom. The molecule has 0 bridgehead atoms. The lowest BCUT2D eigenvalue weighted by Gasteiger charge is -2.27. The lowest BCUT2D eigenvalue weighted by Crippen LogP contribution is -2.10. The van der Waals surface area contributed by atoms with E-state index >= 15 is 0 Å². The van der Waals surface area contributed by atoms with E-state index in [1.807, 2.05) is 0 Å². The summed E-state index contributed by atoms with van der Waals surface area (Å²) in [6.07, 6.45) is 0. The lowest BCUT2D eigenvalue weighted by atomic mass is 9.89. The molecule has 0 spiro atoms. The average molecular weight is 741 g/mol. The van der Waals surface area contributed by atoms with E-state index in [0.29, 0.717) is 0 Å². The van der Waals surface area contributed by atoms with Crippen molar-refractivity contribution in [2.45, 2.75) is 0 Å². The molecule has 0 amide bonds. The van der Waals surface area contributed by atoms with Crippen LogP contribution in [-0.4, -0.2) is 0 Å². The van der Waals surface area contributed by atoms with E-state index in [-0.39, 0.29) is 0 Å². The van der Waals surface area contributed by atoms with E-state index in [9.17, 15) is 0 Å². The van der Waals surface area contributed by atoms with Crippen molar-refractivity contribution in [2.75, 3.05) is 9.80 Å². The Balaban J connectivity index is 1.09. The summed E-state index contributed by atoms with van der Waals surface area (Å²) in [6, 6.07) is 87.3. The van der Waals surface area contributed by atoms with Crippen LogP contribution in [0.15, 0.2) is 243 Å².